The second kappa shape index (κ2) is 5.11. The molecule has 4 atom stereocenters. The van der Waals surface area contributed by atoms with Gasteiger partial charge >= 0.3 is 0 Å². The summed E-state index contributed by atoms with van der Waals surface area (Å²) in [5.41, 5.74) is 2.71. The fourth-order valence-electron chi connectivity index (χ4n) is 5.67. The van der Waals surface area contributed by atoms with Crippen molar-refractivity contribution in [1.29, 1.82) is 0 Å². The first-order valence-electron chi connectivity index (χ1n) is 8.83. The second-order valence-corrected chi connectivity index (χ2v) is 7.90. The van der Waals surface area contributed by atoms with Crippen LogP contribution in [0.3, 0.4) is 0 Å². The van der Waals surface area contributed by atoms with Crippen LogP contribution in [0.2, 0.25) is 0 Å². The van der Waals surface area contributed by atoms with Crippen LogP contribution in [0.4, 0.5) is 0 Å². The monoisotopic (exact) mass is 298 g/mol. The van der Waals surface area contributed by atoms with Crippen LogP contribution in [0, 0.1) is 17.3 Å². The van der Waals surface area contributed by atoms with E-state index in [9.17, 15) is 4.79 Å². The Morgan fingerprint density at radius 2 is 2.05 bits per heavy atom. The topological polar surface area (TPSA) is 26.3 Å². The SMILES string of the molecule is COc1ccc2c(c1)[C@H]1CC[C@]3(C)CCCC[C@H]3[C@@H]1CC2=O. The van der Waals surface area contributed by atoms with Crippen LogP contribution >= 0.6 is 0 Å². The summed E-state index contributed by atoms with van der Waals surface area (Å²) in [5.74, 6) is 3.12. The molecular formula is C20H26O2. The fraction of sp³-hybridized carbons (Fsp3) is 0.650. The predicted molar refractivity (Wildman–Crippen MR) is 87.5 cm³/mol. The minimum absolute atomic E-state index is 0.355. The smallest absolute Gasteiger partial charge is 0.163 e. The summed E-state index contributed by atoms with van der Waals surface area (Å²) < 4.78 is 5.41. The molecule has 0 saturated heterocycles. The number of fused-ring (bicyclic) bond motifs is 5. The molecule has 2 fully saturated rings. The molecule has 3 aliphatic rings. The number of methoxy groups -OCH3 is 1. The van der Waals surface area contributed by atoms with Gasteiger partial charge in [-0.25, -0.2) is 0 Å². The third kappa shape index (κ3) is 2.03. The Balaban J connectivity index is 1.75. The molecule has 0 amide bonds. The van der Waals surface area contributed by atoms with E-state index in [0.717, 1.165) is 23.7 Å². The first-order chi connectivity index (χ1) is 10.6. The van der Waals surface area contributed by atoms with E-state index in [-0.39, 0.29) is 0 Å². The van der Waals surface area contributed by atoms with Gasteiger partial charge in [0.05, 0.1) is 7.11 Å². The molecule has 118 valence electrons. The Bertz CT molecular complexity index is 606. The van der Waals surface area contributed by atoms with Crippen molar-refractivity contribution in [2.24, 2.45) is 17.3 Å². The molecule has 3 aliphatic carbocycles. The average Bonchev–Trinajstić information content (AvgIpc) is 2.54. The lowest BCUT2D eigenvalue weighted by Crippen LogP contribution is -2.45. The lowest BCUT2D eigenvalue weighted by atomic mass is 9.51. The van der Waals surface area contributed by atoms with Crippen LogP contribution in [0.1, 0.15) is 73.7 Å². The molecule has 2 saturated carbocycles. The summed E-state index contributed by atoms with van der Waals surface area (Å²) in [4.78, 5) is 12.7. The molecular weight excluding hydrogens is 272 g/mol. The van der Waals surface area contributed by atoms with Gasteiger partial charge in [-0.1, -0.05) is 19.8 Å². The van der Waals surface area contributed by atoms with Crippen LogP contribution in [-0.2, 0) is 0 Å². The van der Waals surface area contributed by atoms with E-state index in [4.69, 9.17) is 4.74 Å². The van der Waals surface area contributed by atoms with Crippen molar-refractivity contribution in [3.05, 3.63) is 29.3 Å². The van der Waals surface area contributed by atoms with E-state index in [1.54, 1.807) is 7.11 Å². The Morgan fingerprint density at radius 1 is 1.18 bits per heavy atom. The number of ether oxygens (including phenoxy) is 1. The Kier molecular flexibility index (Phi) is 3.32. The van der Waals surface area contributed by atoms with Crippen molar-refractivity contribution in [2.45, 2.75) is 57.8 Å². The van der Waals surface area contributed by atoms with Gasteiger partial charge in [-0.2, -0.15) is 0 Å². The summed E-state index contributed by atoms with van der Waals surface area (Å²) >= 11 is 0. The van der Waals surface area contributed by atoms with Crippen molar-refractivity contribution < 1.29 is 9.53 Å². The van der Waals surface area contributed by atoms with Gasteiger partial charge in [-0.15, -0.1) is 0 Å². The number of hydrogen-bond acceptors (Lipinski definition) is 2. The van der Waals surface area contributed by atoms with E-state index in [2.05, 4.69) is 13.0 Å². The highest BCUT2D eigenvalue weighted by Crippen LogP contribution is 2.59. The highest BCUT2D eigenvalue weighted by Gasteiger charge is 2.50. The molecule has 0 aromatic heterocycles. The number of ketones is 1. The summed E-state index contributed by atoms with van der Waals surface area (Å²) in [6.07, 6.45) is 8.74. The number of carbonyl (C=O) groups excluding carboxylic acids is 1. The molecule has 0 heterocycles. The Hall–Kier alpha value is -1.31. The van der Waals surface area contributed by atoms with E-state index < -0.39 is 0 Å². The zero-order valence-corrected chi connectivity index (χ0v) is 13.7. The molecule has 1 aromatic carbocycles. The maximum Gasteiger partial charge on any atom is 0.163 e. The van der Waals surface area contributed by atoms with E-state index in [1.807, 2.05) is 12.1 Å². The first-order valence-corrected chi connectivity index (χ1v) is 8.83. The first kappa shape index (κ1) is 14.3. The maximum absolute atomic E-state index is 12.7. The van der Waals surface area contributed by atoms with Crippen LogP contribution < -0.4 is 4.74 Å². The van der Waals surface area contributed by atoms with Gasteiger partial charge in [0.2, 0.25) is 0 Å². The van der Waals surface area contributed by atoms with Gasteiger partial charge in [0, 0.05) is 12.0 Å². The molecule has 0 bridgehead atoms. The number of Topliss-reactive ketones (excluding diaryl/α,β-unsaturated/α-hetero) is 1. The van der Waals surface area contributed by atoms with Crippen LogP contribution in [0.15, 0.2) is 18.2 Å². The zero-order chi connectivity index (χ0) is 15.3. The molecule has 0 aliphatic heterocycles. The summed E-state index contributed by atoms with van der Waals surface area (Å²) in [7, 11) is 1.71. The Morgan fingerprint density at radius 3 is 2.86 bits per heavy atom. The van der Waals surface area contributed by atoms with Gasteiger partial charge in [0.1, 0.15) is 5.75 Å². The molecule has 4 rings (SSSR count). The summed E-state index contributed by atoms with van der Waals surface area (Å²) in [6.45, 7) is 2.48. The van der Waals surface area contributed by atoms with Gasteiger partial charge < -0.3 is 4.74 Å². The molecule has 1 aromatic rings. The van der Waals surface area contributed by atoms with E-state index >= 15 is 0 Å². The highest BCUT2D eigenvalue weighted by molar-refractivity contribution is 5.99. The second-order valence-electron chi connectivity index (χ2n) is 7.90. The van der Waals surface area contributed by atoms with Crippen LogP contribution in [-0.4, -0.2) is 12.9 Å². The largest absolute Gasteiger partial charge is 0.497 e. The van der Waals surface area contributed by atoms with Crippen molar-refractivity contribution >= 4 is 5.78 Å². The molecule has 22 heavy (non-hydrogen) atoms. The third-order valence-electron chi connectivity index (χ3n) is 6.85. The number of carbonyl (C=O) groups is 1. The number of rotatable bonds is 1. The quantitative estimate of drug-likeness (QED) is 0.731. The molecule has 0 N–H and O–H groups in total. The van der Waals surface area contributed by atoms with Gasteiger partial charge in [-0.05, 0) is 72.6 Å². The number of benzene rings is 1. The van der Waals surface area contributed by atoms with E-state index in [1.165, 1.54) is 44.1 Å². The Labute approximate surface area is 133 Å². The average molecular weight is 298 g/mol. The summed E-state index contributed by atoms with van der Waals surface area (Å²) in [5, 5.41) is 0. The van der Waals surface area contributed by atoms with Crippen molar-refractivity contribution in [2.75, 3.05) is 7.11 Å². The molecule has 2 heteroatoms. The molecule has 0 radical (unpaired) electrons. The minimum Gasteiger partial charge on any atom is -0.497 e. The van der Waals surface area contributed by atoms with Crippen molar-refractivity contribution in [3.8, 4) is 5.75 Å². The lowest BCUT2D eigenvalue weighted by molar-refractivity contribution is -0.00204. The predicted octanol–water partition coefficient (Wildman–Crippen LogP) is 4.97. The third-order valence-corrected chi connectivity index (χ3v) is 6.85. The van der Waals surface area contributed by atoms with Crippen LogP contribution in [0.5, 0.6) is 5.75 Å². The standard InChI is InChI=1S/C20H26O2/c1-20-9-4-3-5-18(20)17-12-19(21)15-7-6-13(22-2)11-16(15)14(17)8-10-20/h6-7,11,14,17-18H,3-5,8-10,12H2,1-2H3/t14-,17-,18+,20+/m1/s1. The zero-order valence-electron chi connectivity index (χ0n) is 13.7. The highest BCUT2D eigenvalue weighted by atomic mass is 16.5. The van der Waals surface area contributed by atoms with Gasteiger partial charge in [0.25, 0.3) is 0 Å². The van der Waals surface area contributed by atoms with E-state index in [0.29, 0.717) is 23.0 Å². The minimum atomic E-state index is 0.355. The van der Waals surface area contributed by atoms with Crippen molar-refractivity contribution in [3.63, 3.8) is 0 Å². The van der Waals surface area contributed by atoms with Gasteiger partial charge in [-0.3, -0.25) is 4.79 Å². The lowest BCUT2D eigenvalue weighted by Gasteiger charge is -2.54. The maximum atomic E-state index is 12.7. The van der Waals surface area contributed by atoms with Gasteiger partial charge in [0.15, 0.2) is 5.78 Å². The van der Waals surface area contributed by atoms with Crippen molar-refractivity contribution in [1.82, 2.24) is 0 Å². The number of hydrogen-bond donors (Lipinski definition) is 0. The fourth-order valence-corrected chi connectivity index (χ4v) is 5.67. The molecule has 0 spiro atoms. The van der Waals surface area contributed by atoms with Crippen LogP contribution in [0.25, 0.3) is 0 Å². The normalized spacial score (nSPS) is 37.0. The summed E-state index contributed by atoms with van der Waals surface area (Å²) in [6, 6.07) is 6.06. The molecule has 0 unspecified atom stereocenters. The molecule has 2 nitrogen and oxygen atoms in total.